The number of H-pyrrole nitrogens is 1. The van der Waals surface area contributed by atoms with Crippen molar-refractivity contribution in [3.05, 3.63) is 47.4 Å². The van der Waals surface area contributed by atoms with Crippen molar-refractivity contribution in [1.82, 2.24) is 30.0 Å². The summed E-state index contributed by atoms with van der Waals surface area (Å²) in [5.74, 6) is 0.996. The van der Waals surface area contributed by atoms with Gasteiger partial charge in [0.05, 0.1) is 23.5 Å². The Labute approximate surface area is 159 Å². The lowest BCUT2D eigenvalue weighted by Crippen LogP contribution is -2.33. The van der Waals surface area contributed by atoms with Crippen LogP contribution in [0.15, 0.2) is 36.8 Å². The summed E-state index contributed by atoms with van der Waals surface area (Å²) in [7, 11) is 0. The van der Waals surface area contributed by atoms with Gasteiger partial charge in [-0.05, 0) is 43.9 Å². The van der Waals surface area contributed by atoms with E-state index in [4.69, 9.17) is 11.6 Å². The molecule has 27 heavy (non-hydrogen) atoms. The Morgan fingerprint density at radius 1 is 1.37 bits per heavy atom. The summed E-state index contributed by atoms with van der Waals surface area (Å²) in [5, 5.41) is 9.02. The van der Waals surface area contributed by atoms with E-state index in [1.807, 2.05) is 25.1 Å². The molecule has 1 fully saturated rings. The summed E-state index contributed by atoms with van der Waals surface area (Å²) in [5.41, 5.74) is 2.47. The molecular weight excluding hydrogens is 364 g/mol. The van der Waals surface area contributed by atoms with Crippen molar-refractivity contribution in [1.29, 1.82) is 0 Å². The van der Waals surface area contributed by atoms with E-state index in [0.29, 0.717) is 33.5 Å². The van der Waals surface area contributed by atoms with Gasteiger partial charge in [0.25, 0.3) is 5.91 Å². The largest absolute Gasteiger partial charge is 0.349 e. The van der Waals surface area contributed by atoms with E-state index in [1.54, 1.807) is 23.3 Å². The Hall–Kier alpha value is -2.93. The smallest absolute Gasteiger partial charge is 0.255 e. The van der Waals surface area contributed by atoms with E-state index in [0.717, 1.165) is 10.9 Å². The zero-order chi connectivity index (χ0) is 18.5. The highest BCUT2D eigenvalue weighted by Gasteiger charge is 2.29. The fourth-order valence-corrected chi connectivity index (χ4v) is 3.52. The van der Waals surface area contributed by atoms with Gasteiger partial charge in [-0.1, -0.05) is 11.6 Å². The number of fused-ring (bicyclic) bond motifs is 2. The Kier molecular flexibility index (Phi) is 3.65. The molecule has 2 N–H and O–H groups in total. The van der Waals surface area contributed by atoms with Crippen LogP contribution in [0.3, 0.4) is 0 Å². The van der Waals surface area contributed by atoms with E-state index < -0.39 is 0 Å². The van der Waals surface area contributed by atoms with Gasteiger partial charge >= 0.3 is 0 Å². The quantitative estimate of drug-likeness (QED) is 0.567. The Morgan fingerprint density at radius 3 is 3.04 bits per heavy atom. The van der Waals surface area contributed by atoms with Crippen molar-refractivity contribution in [2.75, 3.05) is 0 Å². The summed E-state index contributed by atoms with van der Waals surface area (Å²) < 4.78 is 1.69. The number of nitrogens with zero attached hydrogens (tertiary/aromatic N) is 4. The van der Waals surface area contributed by atoms with Gasteiger partial charge in [0.1, 0.15) is 5.52 Å². The van der Waals surface area contributed by atoms with Gasteiger partial charge in [-0.2, -0.15) is 5.10 Å². The van der Waals surface area contributed by atoms with Gasteiger partial charge in [-0.25, -0.2) is 14.6 Å². The molecule has 3 heterocycles. The number of amides is 1. The van der Waals surface area contributed by atoms with Gasteiger partial charge in [0, 0.05) is 22.6 Å². The lowest BCUT2D eigenvalue weighted by molar-refractivity contribution is 0.0937. The number of aromatic amines is 1. The number of carbonyl (C=O) groups is 1. The molecule has 1 saturated carbocycles. The second-order valence-electron chi connectivity index (χ2n) is 6.99. The maximum Gasteiger partial charge on any atom is 0.255 e. The van der Waals surface area contributed by atoms with E-state index in [-0.39, 0.29) is 11.9 Å². The predicted octanol–water partition coefficient (Wildman–Crippen LogP) is 3.48. The topological polar surface area (TPSA) is 88.5 Å². The van der Waals surface area contributed by atoms with Crippen LogP contribution in [0.1, 0.15) is 30.1 Å². The molecule has 3 aromatic heterocycles. The first kappa shape index (κ1) is 16.3. The molecule has 136 valence electrons. The van der Waals surface area contributed by atoms with Gasteiger partial charge < -0.3 is 10.3 Å². The van der Waals surface area contributed by atoms with E-state index in [9.17, 15) is 4.79 Å². The summed E-state index contributed by atoms with van der Waals surface area (Å²) in [6, 6.07) is 5.71. The molecule has 1 amide bonds. The fourth-order valence-electron chi connectivity index (χ4n) is 3.34. The van der Waals surface area contributed by atoms with E-state index in [1.165, 1.54) is 12.8 Å². The van der Waals surface area contributed by atoms with Crippen molar-refractivity contribution in [3.63, 3.8) is 0 Å². The number of carbonyl (C=O) groups excluding carboxylic acids is 1. The van der Waals surface area contributed by atoms with Crippen LogP contribution in [0.4, 0.5) is 0 Å². The van der Waals surface area contributed by atoms with Gasteiger partial charge in [-0.3, -0.25) is 4.79 Å². The van der Waals surface area contributed by atoms with Crippen molar-refractivity contribution in [2.24, 2.45) is 5.92 Å². The minimum Gasteiger partial charge on any atom is -0.349 e. The molecule has 4 aromatic rings. The van der Waals surface area contributed by atoms with Crippen molar-refractivity contribution in [3.8, 4) is 5.82 Å². The van der Waals surface area contributed by atoms with Crippen LogP contribution in [-0.2, 0) is 0 Å². The molecule has 1 aromatic carbocycles. The zero-order valence-electron chi connectivity index (χ0n) is 14.6. The highest BCUT2D eigenvalue weighted by molar-refractivity contribution is 6.31. The van der Waals surface area contributed by atoms with Gasteiger partial charge in [0.2, 0.25) is 0 Å². The molecule has 0 spiro atoms. The lowest BCUT2D eigenvalue weighted by Gasteiger charge is -2.12. The SMILES string of the molecule is C[C@H](NC(=O)c1c[nH]c2ncc(-n3ncc4cc(Cl)ccc43)nc12)C1CC1. The van der Waals surface area contributed by atoms with E-state index in [2.05, 4.69) is 25.4 Å². The molecule has 8 heteroatoms. The highest BCUT2D eigenvalue weighted by Crippen LogP contribution is 2.32. The summed E-state index contributed by atoms with van der Waals surface area (Å²) in [4.78, 5) is 24.8. The summed E-state index contributed by atoms with van der Waals surface area (Å²) in [6.07, 6.45) is 7.37. The first-order valence-electron chi connectivity index (χ1n) is 8.89. The molecule has 0 radical (unpaired) electrons. The molecular formula is C19H17ClN6O. The Bertz CT molecular complexity index is 1180. The molecule has 0 bridgehead atoms. The van der Waals surface area contributed by atoms with Crippen LogP contribution in [-0.4, -0.2) is 36.7 Å². The fraction of sp³-hybridized carbons (Fsp3) is 0.263. The lowest BCUT2D eigenvalue weighted by atomic mass is 10.2. The number of benzene rings is 1. The molecule has 1 aliphatic carbocycles. The number of rotatable bonds is 4. The minimum atomic E-state index is -0.135. The maximum atomic E-state index is 12.7. The van der Waals surface area contributed by atoms with Crippen LogP contribution >= 0.6 is 11.6 Å². The third-order valence-electron chi connectivity index (χ3n) is 5.05. The second kappa shape index (κ2) is 6.06. The maximum absolute atomic E-state index is 12.7. The minimum absolute atomic E-state index is 0.135. The molecule has 7 nitrogen and oxygen atoms in total. The van der Waals surface area contributed by atoms with Crippen LogP contribution in [0.25, 0.3) is 27.9 Å². The Morgan fingerprint density at radius 2 is 2.22 bits per heavy atom. The number of hydrogen-bond donors (Lipinski definition) is 2. The average Bonchev–Trinajstić information content (AvgIpc) is 3.30. The van der Waals surface area contributed by atoms with Crippen LogP contribution in [0.5, 0.6) is 0 Å². The summed E-state index contributed by atoms with van der Waals surface area (Å²) >= 11 is 6.05. The van der Waals surface area contributed by atoms with Crippen molar-refractivity contribution >= 4 is 39.6 Å². The molecule has 0 aliphatic heterocycles. The monoisotopic (exact) mass is 380 g/mol. The molecule has 1 atom stereocenters. The standard InChI is InChI=1S/C19H17ClN6O/c1-10(11-2-3-11)24-19(27)14-8-21-18-17(14)25-16(9-22-18)26-15-5-4-13(20)6-12(15)7-23-26/h4-11H,2-3H2,1H3,(H,21,22)(H,24,27)/t10-/m0/s1. The van der Waals surface area contributed by atoms with E-state index >= 15 is 0 Å². The molecule has 0 saturated heterocycles. The van der Waals surface area contributed by atoms with Gasteiger partial charge in [0.15, 0.2) is 11.5 Å². The first-order chi connectivity index (χ1) is 13.1. The van der Waals surface area contributed by atoms with Crippen LogP contribution in [0, 0.1) is 5.92 Å². The number of hydrogen-bond acceptors (Lipinski definition) is 4. The number of aromatic nitrogens is 5. The zero-order valence-corrected chi connectivity index (χ0v) is 15.4. The summed E-state index contributed by atoms with van der Waals surface area (Å²) in [6.45, 7) is 2.04. The number of nitrogens with one attached hydrogen (secondary N) is 2. The second-order valence-corrected chi connectivity index (χ2v) is 7.42. The Balaban J connectivity index is 1.55. The molecule has 0 unspecified atom stereocenters. The van der Waals surface area contributed by atoms with Gasteiger partial charge in [-0.15, -0.1) is 0 Å². The third kappa shape index (κ3) is 2.84. The van der Waals surface area contributed by atoms with Crippen molar-refractivity contribution < 1.29 is 4.79 Å². The predicted molar refractivity (Wildman–Crippen MR) is 103 cm³/mol. The first-order valence-corrected chi connectivity index (χ1v) is 9.26. The third-order valence-corrected chi connectivity index (χ3v) is 5.28. The normalized spacial score (nSPS) is 15.3. The number of halogens is 1. The van der Waals surface area contributed by atoms with Crippen molar-refractivity contribution in [2.45, 2.75) is 25.8 Å². The van der Waals surface area contributed by atoms with Crippen LogP contribution in [0.2, 0.25) is 5.02 Å². The molecule has 5 rings (SSSR count). The highest BCUT2D eigenvalue weighted by atomic mass is 35.5. The average molecular weight is 381 g/mol. The van der Waals surface area contributed by atoms with Crippen LogP contribution < -0.4 is 5.32 Å². The molecule has 1 aliphatic rings.